The van der Waals surface area contributed by atoms with E-state index in [0.717, 1.165) is 36.0 Å². The number of imidazole rings is 1. The van der Waals surface area contributed by atoms with Gasteiger partial charge in [0, 0.05) is 31.9 Å². The van der Waals surface area contributed by atoms with Crippen LogP contribution in [0.15, 0.2) is 59.8 Å². The molecule has 3 aromatic rings. The fourth-order valence-corrected chi connectivity index (χ4v) is 4.40. The summed E-state index contributed by atoms with van der Waals surface area (Å²) in [5, 5.41) is 1.97. The van der Waals surface area contributed by atoms with Crippen molar-refractivity contribution < 1.29 is 8.42 Å². The van der Waals surface area contributed by atoms with Gasteiger partial charge in [0.1, 0.15) is 5.82 Å². The van der Waals surface area contributed by atoms with E-state index in [0.29, 0.717) is 17.4 Å². The maximum atomic E-state index is 12.6. The highest BCUT2D eigenvalue weighted by atomic mass is 32.2. The van der Waals surface area contributed by atoms with E-state index in [2.05, 4.69) is 14.3 Å². The Balaban J connectivity index is 1.48. The first-order valence-electron chi connectivity index (χ1n) is 8.10. The lowest BCUT2D eigenvalue weighted by Gasteiger charge is -2.23. The van der Waals surface area contributed by atoms with Crippen molar-refractivity contribution in [3.05, 3.63) is 60.7 Å². The fourth-order valence-electron chi connectivity index (χ4n) is 3.25. The third kappa shape index (κ3) is 2.95. The van der Waals surface area contributed by atoms with E-state index in [1.807, 2.05) is 36.5 Å². The predicted octanol–water partition coefficient (Wildman–Crippen LogP) is 2.58. The van der Waals surface area contributed by atoms with E-state index >= 15 is 0 Å². The van der Waals surface area contributed by atoms with Gasteiger partial charge in [0.15, 0.2) is 0 Å². The van der Waals surface area contributed by atoms with Crippen molar-refractivity contribution in [1.29, 1.82) is 0 Å². The van der Waals surface area contributed by atoms with Gasteiger partial charge in [-0.1, -0.05) is 30.3 Å². The molecule has 0 saturated carbocycles. The molecule has 1 N–H and O–H groups in total. The number of aromatic nitrogens is 2. The zero-order valence-electron chi connectivity index (χ0n) is 13.2. The van der Waals surface area contributed by atoms with Crippen molar-refractivity contribution in [3.8, 4) is 0 Å². The van der Waals surface area contributed by atoms with Crippen LogP contribution in [0.25, 0.3) is 10.8 Å². The Labute approximate surface area is 141 Å². The van der Waals surface area contributed by atoms with Crippen molar-refractivity contribution in [1.82, 2.24) is 14.3 Å². The van der Waals surface area contributed by atoms with Gasteiger partial charge in [-0.15, -0.1) is 0 Å². The normalized spacial score (nSPS) is 17.8. The lowest BCUT2D eigenvalue weighted by molar-refractivity contribution is 0.363. The van der Waals surface area contributed by atoms with Crippen molar-refractivity contribution in [2.45, 2.75) is 24.3 Å². The molecule has 0 bridgehead atoms. The lowest BCUT2D eigenvalue weighted by Crippen LogP contribution is -2.33. The molecule has 6 heteroatoms. The summed E-state index contributed by atoms with van der Waals surface area (Å²) in [6.07, 6.45) is 5.61. The number of nitrogens with one attached hydrogen (secondary N) is 1. The van der Waals surface area contributed by atoms with Gasteiger partial charge in [-0.05, 0) is 35.2 Å². The molecule has 0 spiro atoms. The smallest absolute Gasteiger partial charge is 0.240 e. The molecular formula is C18H19N3O2S. The number of nitrogens with zero attached hydrogens (tertiary/aromatic N) is 2. The second kappa shape index (κ2) is 6.03. The molecule has 0 fully saturated rings. The number of aryl methyl sites for hydroxylation is 1. The van der Waals surface area contributed by atoms with Crippen LogP contribution in [0.3, 0.4) is 0 Å². The molecule has 2 heterocycles. The zero-order chi connectivity index (χ0) is 16.6. The molecule has 2 aromatic carbocycles. The SMILES string of the molecule is O=S(=O)(NCC1CCc2nccn2C1)c1ccc2ccccc2c1. The molecule has 0 saturated heterocycles. The van der Waals surface area contributed by atoms with E-state index in [1.54, 1.807) is 18.3 Å². The van der Waals surface area contributed by atoms with Gasteiger partial charge in [0.2, 0.25) is 10.0 Å². The number of rotatable bonds is 4. The van der Waals surface area contributed by atoms with Crippen molar-refractivity contribution >= 4 is 20.8 Å². The van der Waals surface area contributed by atoms with E-state index in [4.69, 9.17) is 0 Å². The lowest BCUT2D eigenvalue weighted by atomic mass is 10.00. The maximum absolute atomic E-state index is 12.6. The molecule has 1 aliphatic rings. The van der Waals surface area contributed by atoms with Crippen molar-refractivity contribution in [2.24, 2.45) is 5.92 Å². The minimum absolute atomic E-state index is 0.293. The first-order valence-corrected chi connectivity index (χ1v) is 9.59. The molecular weight excluding hydrogens is 322 g/mol. The third-order valence-corrected chi connectivity index (χ3v) is 6.05. The third-order valence-electron chi connectivity index (χ3n) is 4.63. The minimum atomic E-state index is -3.49. The van der Waals surface area contributed by atoms with Crippen LogP contribution in [0.2, 0.25) is 0 Å². The van der Waals surface area contributed by atoms with Crippen LogP contribution in [0.4, 0.5) is 0 Å². The van der Waals surface area contributed by atoms with Crippen LogP contribution in [-0.4, -0.2) is 24.5 Å². The highest BCUT2D eigenvalue weighted by Gasteiger charge is 2.21. The zero-order valence-corrected chi connectivity index (χ0v) is 14.0. The largest absolute Gasteiger partial charge is 0.335 e. The molecule has 0 radical (unpaired) electrons. The molecule has 1 aliphatic heterocycles. The van der Waals surface area contributed by atoms with Crippen molar-refractivity contribution in [2.75, 3.05) is 6.54 Å². The number of hydrogen-bond donors (Lipinski definition) is 1. The summed E-state index contributed by atoms with van der Waals surface area (Å²) in [6, 6.07) is 13.0. The van der Waals surface area contributed by atoms with Gasteiger partial charge in [0.25, 0.3) is 0 Å². The summed E-state index contributed by atoms with van der Waals surface area (Å²) >= 11 is 0. The van der Waals surface area contributed by atoms with Gasteiger partial charge in [-0.25, -0.2) is 18.1 Å². The number of sulfonamides is 1. The predicted molar refractivity (Wildman–Crippen MR) is 93.2 cm³/mol. The first-order chi connectivity index (χ1) is 11.6. The van der Waals surface area contributed by atoms with Crippen LogP contribution in [0, 0.1) is 5.92 Å². The van der Waals surface area contributed by atoms with E-state index < -0.39 is 10.0 Å². The Morgan fingerprint density at radius 1 is 1.17 bits per heavy atom. The van der Waals surface area contributed by atoms with Gasteiger partial charge < -0.3 is 4.57 Å². The number of fused-ring (bicyclic) bond motifs is 2. The van der Waals surface area contributed by atoms with Gasteiger partial charge in [-0.2, -0.15) is 0 Å². The Bertz CT molecular complexity index is 979. The van der Waals surface area contributed by atoms with Crippen LogP contribution in [0.1, 0.15) is 12.2 Å². The van der Waals surface area contributed by atoms with Gasteiger partial charge >= 0.3 is 0 Å². The standard InChI is InChI=1S/C18H19N3O2S/c22-24(23,17-7-6-15-3-1-2-4-16(15)11-17)20-12-14-5-8-18-19-9-10-21(18)13-14/h1-4,6-7,9-11,14,20H,5,8,12-13H2. The van der Waals surface area contributed by atoms with Crippen LogP contribution in [-0.2, 0) is 23.0 Å². The second-order valence-corrected chi connectivity index (χ2v) is 8.03. The van der Waals surface area contributed by atoms with Crippen LogP contribution in [0.5, 0.6) is 0 Å². The van der Waals surface area contributed by atoms with E-state index in [9.17, 15) is 8.42 Å². The molecule has 1 unspecified atom stereocenters. The second-order valence-electron chi connectivity index (χ2n) is 6.26. The summed E-state index contributed by atoms with van der Waals surface area (Å²) in [7, 11) is -3.49. The summed E-state index contributed by atoms with van der Waals surface area (Å²) < 4.78 is 30.0. The summed E-state index contributed by atoms with van der Waals surface area (Å²) in [5.74, 6) is 1.38. The molecule has 4 rings (SSSR count). The molecule has 5 nitrogen and oxygen atoms in total. The molecule has 124 valence electrons. The Morgan fingerprint density at radius 3 is 2.88 bits per heavy atom. The highest BCUT2D eigenvalue weighted by molar-refractivity contribution is 7.89. The molecule has 0 amide bonds. The quantitative estimate of drug-likeness (QED) is 0.793. The topological polar surface area (TPSA) is 64.0 Å². The maximum Gasteiger partial charge on any atom is 0.240 e. The van der Waals surface area contributed by atoms with Crippen LogP contribution < -0.4 is 4.72 Å². The molecule has 24 heavy (non-hydrogen) atoms. The molecule has 1 atom stereocenters. The highest BCUT2D eigenvalue weighted by Crippen LogP contribution is 2.21. The minimum Gasteiger partial charge on any atom is -0.335 e. The fraction of sp³-hybridized carbons (Fsp3) is 0.278. The van der Waals surface area contributed by atoms with Gasteiger partial charge in [0.05, 0.1) is 4.90 Å². The number of benzene rings is 2. The van der Waals surface area contributed by atoms with E-state index in [-0.39, 0.29) is 0 Å². The Kier molecular flexibility index (Phi) is 3.86. The monoisotopic (exact) mass is 341 g/mol. The van der Waals surface area contributed by atoms with E-state index in [1.165, 1.54) is 0 Å². The summed E-state index contributed by atoms with van der Waals surface area (Å²) in [6.45, 7) is 1.27. The average molecular weight is 341 g/mol. The first kappa shape index (κ1) is 15.4. The summed E-state index contributed by atoms with van der Waals surface area (Å²) in [4.78, 5) is 4.62. The van der Waals surface area contributed by atoms with Crippen LogP contribution >= 0.6 is 0 Å². The Hall–Kier alpha value is -2.18. The van der Waals surface area contributed by atoms with Crippen molar-refractivity contribution in [3.63, 3.8) is 0 Å². The average Bonchev–Trinajstić information content (AvgIpc) is 3.07. The molecule has 1 aromatic heterocycles. The van der Waals surface area contributed by atoms with Gasteiger partial charge in [-0.3, -0.25) is 0 Å². The Morgan fingerprint density at radius 2 is 2.00 bits per heavy atom. The summed E-state index contributed by atoms with van der Waals surface area (Å²) in [5.41, 5.74) is 0. The molecule has 0 aliphatic carbocycles. The number of hydrogen-bond acceptors (Lipinski definition) is 3.